The lowest BCUT2D eigenvalue weighted by Gasteiger charge is -2.12. The number of anilines is 1. The number of nitrogens with zero attached hydrogens (tertiary/aromatic N) is 2. The van der Waals surface area contributed by atoms with Gasteiger partial charge in [0.25, 0.3) is 5.91 Å². The van der Waals surface area contributed by atoms with Gasteiger partial charge in [0, 0.05) is 17.3 Å². The third kappa shape index (κ3) is 4.01. The van der Waals surface area contributed by atoms with Crippen molar-refractivity contribution in [3.63, 3.8) is 0 Å². The molecule has 0 fully saturated rings. The first-order valence-corrected chi connectivity index (χ1v) is 7.91. The molecular formula is C15H20N4OS. The van der Waals surface area contributed by atoms with Gasteiger partial charge in [0.2, 0.25) is 0 Å². The normalized spacial score (nSPS) is 10.7. The molecule has 2 aromatic rings. The van der Waals surface area contributed by atoms with Gasteiger partial charge in [-0.2, -0.15) is 0 Å². The Hall–Kier alpha value is -1.95. The van der Waals surface area contributed by atoms with E-state index in [-0.39, 0.29) is 11.8 Å². The van der Waals surface area contributed by atoms with Crippen LogP contribution in [0.3, 0.4) is 0 Å². The van der Waals surface area contributed by atoms with E-state index in [0.717, 1.165) is 11.4 Å². The van der Waals surface area contributed by atoms with E-state index < -0.39 is 0 Å². The van der Waals surface area contributed by atoms with Gasteiger partial charge in [-0.3, -0.25) is 4.79 Å². The number of rotatable bonds is 6. The van der Waals surface area contributed by atoms with Crippen LogP contribution in [0.2, 0.25) is 0 Å². The maximum atomic E-state index is 12.4. The fraction of sp³-hybridized carbons (Fsp3) is 0.400. The van der Waals surface area contributed by atoms with Gasteiger partial charge in [-0.15, -0.1) is 11.3 Å². The zero-order valence-corrected chi connectivity index (χ0v) is 13.3. The number of hydrogen-bond acceptors (Lipinski definition) is 5. The third-order valence-corrected chi connectivity index (χ3v) is 3.79. The van der Waals surface area contributed by atoms with E-state index >= 15 is 0 Å². The van der Waals surface area contributed by atoms with E-state index in [1.807, 2.05) is 38.3 Å². The van der Waals surface area contributed by atoms with E-state index in [1.165, 1.54) is 0 Å². The molecule has 0 aromatic carbocycles. The molecule has 112 valence electrons. The van der Waals surface area contributed by atoms with Gasteiger partial charge in [0.15, 0.2) is 5.69 Å². The molecule has 6 heteroatoms. The summed E-state index contributed by atoms with van der Waals surface area (Å²) in [5.74, 6) is 0.686. The molecule has 2 heterocycles. The highest BCUT2D eigenvalue weighted by Gasteiger charge is 2.16. The molecule has 0 aliphatic heterocycles. The second kappa shape index (κ2) is 7.17. The zero-order valence-electron chi connectivity index (χ0n) is 12.5. The molecule has 0 aliphatic rings. The lowest BCUT2D eigenvalue weighted by atomic mass is 10.2. The van der Waals surface area contributed by atoms with Crippen molar-refractivity contribution in [3.05, 3.63) is 40.1 Å². The predicted octanol–water partition coefficient (Wildman–Crippen LogP) is 3.02. The smallest absolute Gasteiger partial charge is 0.272 e. The summed E-state index contributed by atoms with van der Waals surface area (Å²) in [7, 11) is 0. The quantitative estimate of drug-likeness (QED) is 0.861. The summed E-state index contributed by atoms with van der Waals surface area (Å²) in [6.07, 6.45) is 1.69. The van der Waals surface area contributed by atoms with Crippen molar-refractivity contribution in [1.29, 1.82) is 0 Å². The van der Waals surface area contributed by atoms with Gasteiger partial charge in [-0.05, 0) is 18.4 Å². The number of amides is 1. The molecule has 0 atom stereocenters. The van der Waals surface area contributed by atoms with Crippen LogP contribution in [0.5, 0.6) is 0 Å². The summed E-state index contributed by atoms with van der Waals surface area (Å²) in [5.41, 5.74) is 1.08. The van der Waals surface area contributed by atoms with Gasteiger partial charge in [-0.1, -0.05) is 19.9 Å². The van der Waals surface area contributed by atoms with Crippen LogP contribution >= 0.6 is 11.3 Å². The molecule has 0 radical (unpaired) electrons. The number of thiophene rings is 1. The first-order chi connectivity index (χ1) is 10.1. The molecule has 0 aliphatic carbocycles. The lowest BCUT2D eigenvalue weighted by Crippen LogP contribution is -2.25. The summed E-state index contributed by atoms with van der Waals surface area (Å²) >= 11 is 1.62. The third-order valence-electron chi connectivity index (χ3n) is 2.91. The molecule has 2 rings (SSSR count). The van der Waals surface area contributed by atoms with E-state index in [9.17, 15) is 4.79 Å². The maximum Gasteiger partial charge on any atom is 0.272 e. The van der Waals surface area contributed by atoms with Crippen molar-refractivity contribution in [3.8, 4) is 0 Å². The second-order valence-corrected chi connectivity index (χ2v) is 5.97. The highest BCUT2D eigenvalue weighted by Crippen LogP contribution is 2.16. The van der Waals surface area contributed by atoms with Crippen molar-refractivity contribution >= 4 is 22.9 Å². The fourth-order valence-corrected chi connectivity index (χ4v) is 2.48. The zero-order chi connectivity index (χ0) is 15.2. The van der Waals surface area contributed by atoms with Gasteiger partial charge < -0.3 is 10.6 Å². The first kappa shape index (κ1) is 15.4. The van der Waals surface area contributed by atoms with Gasteiger partial charge in [0.1, 0.15) is 5.82 Å². The molecule has 2 N–H and O–H groups in total. The van der Waals surface area contributed by atoms with Crippen LogP contribution in [0.4, 0.5) is 5.69 Å². The summed E-state index contributed by atoms with van der Waals surface area (Å²) in [5, 5.41) is 8.03. The van der Waals surface area contributed by atoms with Crippen molar-refractivity contribution in [2.24, 2.45) is 0 Å². The van der Waals surface area contributed by atoms with Crippen molar-refractivity contribution < 1.29 is 4.79 Å². The minimum absolute atomic E-state index is 0.177. The Morgan fingerprint density at radius 2 is 2.24 bits per heavy atom. The highest BCUT2D eigenvalue weighted by molar-refractivity contribution is 7.09. The highest BCUT2D eigenvalue weighted by atomic mass is 32.1. The summed E-state index contributed by atoms with van der Waals surface area (Å²) in [6, 6.07) is 3.97. The van der Waals surface area contributed by atoms with E-state index in [2.05, 4.69) is 20.6 Å². The topological polar surface area (TPSA) is 66.9 Å². The summed E-state index contributed by atoms with van der Waals surface area (Å²) in [6.45, 7) is 7.23. The molecule has 1 amide bonds. The molecule has 5 nitrogen and oxygen atoms in total. The Labute approximate surface area is 128 Å². The van der Waals surface area contributed by atoms with E-state index in [1.54, 1.807) is 17.5 Å². The van der Waals surface area contributed by atoms with Crippen LogP contribution in [0.15, 0.2) is 23.7 Å². The van der Waals surface area contributed by atoms with Gasteiger partial charge in [0.05, 0.1) is 18.4 Å². The van der Waals surface area contributed by atoms with Crippen LogP contribution in [0.25, 0.3) is 0 Å². The molecule has 0 saturated heterocycles. The molecule has 0 saturated carbocycles. The SMILES string of the molecule is CCNc1cnc(C(C)C)nc1C(=O)NCc1cccs1. The fourth-order valence-electron chi connectivity index (χ4n) is 1.83. The largest absolute Gasteiger partial charge is 0.382 e. The first-order valence-electron chi connectivity index (χ1n) is 7.03. The summed E-state index contributed by atoms with van der Waals surface area (Å²) in [4.78, 5) is 22.2. The Morgan fingerprint density at radius 1 is 1.43 bits per heavy atom. The van der Waals surface area contributed by atoms with E-state index in [0.29, 0.717) is 23.8 Å². The second-order valence-electron chi connectivity index (χ2n) is 4.94. The number of carbonyl (C=O) groups is 1. The van der Waals surface area contributed by atoms with Crippen LogP contribution in [-0.2, 0) is 6.54 Å². The van der Waals surface area contributed by atoms with Crippen molar-refractivity contribution in [1.82, 2.24) is 15.3 Å². The monoisotopic (exact) mass is 304 g/mol. The standard InChI is InChI=1S/C15H20N4OS/c1-4-16-12-9-17-14(10(2)3)19-13(12)15(20)18-8-11-6-5-7-21-11/h5-7,9-10,16H,4,8H2,1-3H3,(H,18,20). The Balaban J connectivity index is 2.18. The lowest BCUT2D eigenvalue weighted by molar-refractivity contribution is 0.0946. The maximum absolute atomic E-state index is 12.4. The average molecular weight is 304 g/mol. The van der Waals surface area contributed by atoms with Crippen LogP contribution in [-0.4, -0.2) is 22.4 Å². The molecule has 0 spiro atoms. The minimum Gasteiger partial charge on any atom is -0.382 e. The molecule has 21 heavy (non-hydrogen) atoms. The molecule has 0 unspecified atom stereocenters. The Bertz CT molecular complexity index is 596. The number of hydrogen-bond donors (Lipinski definition) is 2. The molecule has 0 bridgehead atoms. The minimum atomic E-state index is -0.177. The van der Waals surface area contributed by atoms with Gasteiger partial charge in [-0.25, -0.2) is 9.97 Å². The number of carbonyl (C=O) groups excluding carboxylic acids is 1. The van der Waals surface area contributed by atoms with Crippen molar-refractivity contribution in [2.75, 3.05) is 11.9 Å². The Morgan fingerprint density at radius 3 is 2.86 bits per heavy atom. The predicted molar refractivity (Wildman–Crippen MR) is 85.8 cm³/mol. The number of nitrogens with one attached hydrogen (secondary N) is 2. The van der Waals surface area contributed by atoms with Crippen molar-refractivity contribution in [2.45, 2.75) is 33.2 Å². The van der Waals surface area contributed by atoms with Gasteiger partial charge >= 0.3 is 0 Å². The average Bonchev–Trinajstić information content (AvgIpc) is 2.98. The van der Waals surface area contributed by atoms with Crippen LogP contribution < -0.4 is 10.6 Å². The molecular weight excluding hydrogens is 284 g/mol. The molecule has 2 aromatic heterocycles. The van der Waals surface area contributed by atoms with Crippen LogP contribution in [0.1, 0.15) is 47.9 Å². The van der Waals surface area contributed by atoms with Crippen LogP contribution in [0, 0.1) is 0 Å². The van der Waals surface area contributed by atoms with E-state index in [4.69, 9.17) is 0 Å². The Kier molecular flexibility index (Phi) is 5.27. The summed E-state index contributed by atoms with van der Waals surface area (Å²) < 4.78 is 0. The number of aromatic nitrogens is 2.